The monoisotopic (exact) mass is 439 g/mol. The molecule has 0 atom stereocenters. The van der Waals surface area contributed by atoms with E-state index in [1.165, 1.54) is 16.8 Å². The van der Waals surface area contributed by atoms with E-state index in [0.717, 1.165) is 35.4 Å². The van der Waals surface area contributed by atoms with Crippen LogP contribution in [0.3, 0.4) is 0 Å². The summed E-state index contributed by atoms with van der Waals surface area (Å²) >= 11 is 0. The van der Waals surface area contributed by atoms with Crippen molar-refractivity contribution in [2.24, 2.45) is 0 Å². The lowest BCUT2D eigenvalue weighted by Gasteiger charge is -2.39. The second-order valence-electron chi connectivity index (χ2n) is 9.09. The van der Waals surface area contributed by atoms with Gasteiger partial charge in [0.15, 0.2) is 0 Å². The molecule has 2 aromatic carbocycles. The summed E-state index contributed by atoms with van der Waals surface area (Å²) in [7, 11) is 0. The molecule has 3 aliphatic rings. The Morgan fingerprint density at radius 1 is 0.970 bits per heavy atom. The zero-order chi connectivity index (χ0) is 22.9. The molecule has 168 valence electrons. The van der Waals surface area contributed by atoms with Gasteiger partial charge in [0.1, 0.15) is 6.42 Å². The fourth-order valence-electron chi connectivity index (χ4n) is 4.76. The van der Waals surface area contributed by atoms with Gasteiger partial charge >= 0.3 is 0 Å². The maximum absolute atomic E-state index is 13.0. The normalized spacial score (nSPS) is 17.6. The molecule has 3 heterocycles. The highest BCUT2D eigenvalue weighted by Crippen LogP contribution is 2.41. The maximum atomic E-state index is 13.0. The van der Waals surface area contributed by atoms with E-state index < -0.39 is 0 Å². The molecule has 5 rings (SSSR count). The van der Waals surface area contributed by atoms with Crippen molar-refractivity contribution in [3.05, 3.63) is 94.8 Å². The zero-order valence-electron chi connectivity index (χ0n) is 19.2. The van der Waals surface area contributed by atoms with Crippen molar-refractivity contribution in [1.82, 2.24) is 9.80 Å². The number of amides is 2. The summed E-state index contributed by atoms with van der Waals surface area (Å²) in [6, 6.07) is 16.8. The van der Waals surface area contributed by atoms with Crippen LogP contribution in [-0.4, -0.2) is 40.7 Å². The fourth-order valence-corrected chi connectivity index (χ4v) is 4.76. The van der Waals surface area contributed by atoms with Crippen molar-refractivity contribution in [3.8, 4) is 0 Å². The van der Waals surface area contributed by atoms with E-state index in [1.54, 1.807) is 4.90 Å². The maximum Gasteiger partial charge on any atom is 0.241 e. The molecule has 1 N–H and O–H groups in total. The number of aryl methyl sites for hydroxylation is 2. The van der Waals surface area contributed by atoms with E-state index >= 15 is 0 Å². The number of rotatable bonds is 5. The topological polar surface area (TPSA) is 52.7 Å². The predicted molar refractivity (Wildman–Crippen MR) is 131 cm³/mol. The number of hydrogen-bond donors (Lipinski definition) is 1. The third-order valence-electron chi connectivity index (χ3n) is 6.72. The first kappa shape index (κ1) is 21.3. The highest BCUT2D eigenvalue weighted by atomic mass is 16.2. The largest absolute Gasteiger partial charge is 0.382 e. The first-order valence-corrected chi connectivity index (χ1v) is 11.6. The third-order valence-corrected chi connectivity index (χ3v) is 6.72. The van der Waals surface area contributed by atoms with Crippen molar-refractivity contribution in [2.45, 2.75) is 39.2 Å². The summed E-state index contributed by atoms with van der Waals surface area (Å²) in [4.78, 5) is 29.4. The number of carbonyl (C=O) groups excluding carboxylic acids is 2. The molecule has 33 heavy (non-hydrogen) atoms. The molecular weight excluding hydrogens is 410 g/mol. The van der Waals surface area contributed by atoms with Crippen LogP contribution in [0.5, 0.6) is 0 Å². The minimum atomic E-state index is -0.152. The Kier molecular flexibility index (Phi) is 5.63. The van der Waals surface area contributed by atoms with E-state index in [9.17, 15) is 9.59 Å². The lowest BCUT2D eigenvalue weighted by atomic mass is 9.91. The number of likely N-dealkylation sites (tertiary alicyclic amines) is 1. The Labute approximate surface area is 195 Å². The molecule has 2 amide bonds. The first-order chi connectivity index (χ1) is 16.0. The smallest absolute Gasteiger partial charge is 0.241 e. The van der Waals surface area contributed by atoms with Gasteiger partial charge in [0.05, 0.1) is 11.4 Å². The Morgan fingerprint density at radius 2 is 1.73 bits per heavy atom. The SMILES string of the molecule is Cc1ccc(C)c(NC2CCN(C(=O)CC(=O)N3c4ccc(-c5ccccc5)c3c4)CC2)c1. The Bertz CT molecular complexity index is 1180. The predicted octanol–water partition coefficient (Wildman–Crippen LogP) is 4.80. The fraction of sp³-hybridized carbons (Fsp3) is 0.286. The summed E-state index contributed by atoms with van der Waals surface area (Å²) in [5.74, 6) is -0.234. The van der Waals surface area contributed by atoms with Crippen molar-refractivity contribution < 1.29 is 9.59 Å². The molecule has 1 saturated heterocycles. The van der Waals surface area contributed by atoms with Crippen LogP contribution in [0.25, 0.3) is 5.57 Å². The van der Waals surface area contributed by atoms with Gasteiger partial charge in [0.2, 0.25) is 11.8 Å². The minimum Gasteiger partial charge on any atom is -0.382 e. The molecule has 5 nitrogen and oxygen atoms in total. The summed E-state index contributed by atoms with van der Waals surface area (Å²) in [5.41, 5.74) is 7.47. The number of carbonyl (C=O) groups is 2. The van der Waals surface area contributed by atoms with Crippen molar-refractivity contribution in [3.63, 3.8) is 0 Å². The van der Waals surface area contributed by atoms with Gasteiger partial charge < -0.3 is 10.2 Å². The molecule has 2 aromatic rings. The first-order valence-electron chi connectivity index (χ1n) is 11.6. The van der Waals surface area contributed by atoms with Crippen molar-refractivity contribution in [1.29, 1.82) is 0 Å². The molecule has 3 aliphatic heterocycles. The van der Waals surface area contributed by atoms with Gasteiger partial charge in [-0.25, -0.2) is 0 Å². The average molecular weight is 440 g/mol. The molecule has 0 aromatic heterocycles. The molecule has 0 spiro atoms. The standard InChI is InChI=1S/C28H29N3O2/c1-19-8-9-20(2)25(16-19)29-22-12-14-30(15-13-22)27(32)18-28(33)31-23-10-11-24(26(31)17-23)21-6-4-3-5-7-21/h3-11,16-17,22,29H,12-15,18H2,1-2H3. The number of fused-ring (bicyclic) bond motifs is 2. The van der Waals surface area contributed by atoms with Crippen LogP contribution < -0.4 is 5.32 Å². The molecule has 5 heteroatoms. The van der Waals surface area contributed by atoms with Crippen molar-refractivity contribution >= 4 is 23.1 Å². The summed E-state index contributed by atoms with van der Waals surface area (Å²) in [6.07, 6.45) is 7.67. The number of piperidine rings is 1. The van der Waals surface area contributed by atoms with E-state index in [4.69, 9.17) is 0 Å². The number of nitrogens with zero attached hydrogens (tertiary/aromatic N) is 2. The lowest BCUT2D eigenvalue weighted by Crippen LogP contribution is -2.45. The average Bonchev–Trinajstić information content (AvgIpc) is 2.82. The molecule has 0 saturated carbocycles. The quantitative estimate of drug-likeness (QED) is 0.681. The zero-order valence-corrected chi connectivity index (χ0v) is 19.2. The minimum absolute atomic E-state index is 0.0819. The number of hydrogen-bond acceptors (Lipinski definition) is 3. The highest BCUT2D eigenvalue weighted by molar-refractivity contribution is 6.03. The summed E-state index contributed by atoms with van der Waals surface area (Å²) in [6.45, 7) is 5.56. The second kappa shape index (κ2) is 8.74. The summed E-state index contributed by atoms with van der Waals surface area (Å²) < 4.78 is 0. The molecule has 0 unspecified atom stereocenters. The van der Waals surface area contributed by atoms with Crippen LogP contribution in [0.15, 0.2) is 78.2 Å². The van der Waals surface area contributed by atoms with Gasteiger partial charge in [0, 0.05) is 30.4 Å². The Balaban J connectivity index is 1.15. The van der Waals surface area contributed by atoms with Gasteiger partial charge in [-0.2, -0.15) is 0 Å². The van der Waals surface area contributed by atoms with Crippen molar-refractivity contribution in [2.75, 3.05) is 18.4 Å². The van der Waals surface area contributed by atoms with Crippen LogP contribution in [0.2, 0.25) is 0 Å². The Hall–Kier alpha value is -3.60. The van der Waals surface area contributed by atoms with E-state index in [1.807, 2.05) is 53.5 Å². The second-order valence-corrected chi connectivity index (χ2v) is 9.09. The van der Waals surface area contributed by atoms with Gasteiger partial charge in [-0.3, -0.25) is 14.5 Å². The van der Waals surface area contributed by atoms with E-state index in [-0.39, 0.29) is 18.2 Å². The summed E-state index contributed by atoms with van der Waals surface area (Å²) in [5, 5.41) is 3.64. The van der Waals surface area contributed by atoms with Gasteiger partial charge in [-0.1, -0.05) is 48.5 Å². The number of nitrogens with one attached hydrogen (secondary N) is 1. The van der Waals surface area contributed by atoms with Gasteiger partial charge in [0.25, 0.3) is 0 Å². The number of benzene rings is 2. The lowest BCUT2D eigenvalue weighted by molar-refractivity contribution is -0.139. The van der Waals surface area contributed by atoms with Crippen LogP contribution >= 0.6 is 0 Å². The van der Waals surface area contributed by atoms with E-state index in [2.05, 4.69) is 37.4 Å². The van der Waals surface area contributed by atoms with Crippen LogP contribution in [0.1, 0.15) is 36.0 Å². The molecule has 2 bridgehead atoms. The number of allylic oxidation sites excluding steroid dienone is 4. The van der Waals surface area contributed by atoms with E-state index in [0.29, 0.717) is 19.1 Å². The molecule has 0 radical (unpaired) electrons. The van der Waals surface area contributed by atoms with Crippen LogP contribution in [-0.2, 0) is 9.59 Å². The third kappa shape index (κ3) is 4.23. The molecular formula is C28H29N3O2. The van der Waals surface area contributed by atoms with Crippen LogP contribution in [0.4, 0.5) is 5.69 Å². The van der Waals surface area contributed by atoms with Gasteiger partial charge in [-0.15, -0.1) is 0 Å². The molecule has 1 fully saturated rings. The Morgan fingerprint density at radius 3 is 2.45 bits per heavy atom. The number of anilines is 1. The molecule has 0 aliphatic carbocycles. The van der Waals surface area contributed by atoms with Crippen LogP contribution in [0, 0.1) is 13.8 Å². The highest BCUT2D eigenvalue weighted by Gasteiger charge is 2.35. The van der Waals surface area contributed by atoms with Gasteiger partial charge in [-0.05, 0) is 61.6 Å².